The van der Waals surface area contributed by atoms with Gasteiger partial charge in [-0.25, -0.2) is 4.79 Å². The van der Waals surface area contributed by atoms with Gasteiger partial charge in [-0.05, 0) is 63.2 Å². The second-order valence-corrected chi connectivity index (χ2v) is 7.39. The van der Waals surface area contributed by atoms with Crippen LogP contribution in [0.5, 0.6) is 0 Å². The highest BCUT2D eigenvalue weighted by molar-refractivity contribution is 5.71. The summed E-state index contributed by atoms with van der Waals surface area (Å²) in [6, 6.07) is 4.19. The Kier molecular flexibility index (Phi) is 3.71. The third-order valence-electron chi connectivity index (χ3n) is 4.32. The molecule has 2 aliphatic rings. The Morgan fingerprint density at radius 1 is 1.32 bits per heavy atom. The van der Waals surface area contributed by atoms with Gasteiger partial charge in [0.25, 0.3) is 0 Å². The lowest BCUT2D eigenvalue weighted by Crippen LogP contribution is -2.35. The molecule has 1 amide bonds. The highest BCUT2D eigenvalue weighted by Crippen LogP contribution is 2.41. The van der Waals surface area contributed by atoms with E-state index in [0.29, 0.717) is 11.8 Å². The Hall–Kier alpha value is -1.84. The van der Waals surface area contributed by atoms with E-state index in [0.717, 1.165) is 25.2 Å². The number of pyridine rings is 1. The smallest absolute Gasteiger partial charge is 0.410 e. The van der Waals surface area contributed by atoms with Gasteiger partial charge in [-0.1, -0.05) is 12.1 Å². The van der Waals surface area contributed by atoms with Crippen LogP contribution < -0.4 is 0 Å². The van der Waals surface area contributed by atoms with Crippen molar-refractivity contribution in [3.63, 3.8) is 0 Å². The molecule has 2 atom stereocenters. The van der Waals surface area contributed by atoms with E-state index in [2.05, 4.69) is 23.2 Å². The Morgan fingerprint density at radius 2 is 2.09 bits per heavy atom. The Bertz CT molecular complexity index is 599. The van der Waals surface area contributed by atoms with E-state index in [4.69, 9.17) is 4.74 Å². The topological polar surface area (TPSA) is 42.4 Å². The van der Waals surface area contributed by atoms with Gasteiger partial charge >= 0.3 is 6.09 Å². The van der Waals surface area contributed by atoms with E-state index in [1.54, 1.807) is 0 Å². The molecule has 0 unspecified atom stereocenters. The molecule has 2 heterocycles. The molecule has 3 rings (SSSR count). The van der Waals surface area contributed by atoms with E-state index in [9.17, 15) is 4.79 Å². The number of carbonyl (C=O) groups excluding carboxylic acids is 1. The van der Waals surface area contributed by atoms with Crippen LogP contribution in [0.25, 0.3) is 5.57 Å². The van der Waals surface area contributed by atoms with Gasteiger partial charge < -0.3 is 9.64 Å². The molecule has 1 aliphatic heterocycles. The predicted octanol–water partition coefficient (Wildman–Crippen LogP) is 3.66. The van der Waals surface area contributed by atoms with E-state index in [1.807, 2.05) is 38.8 Å². The number of nitrogens with zero attached hydrogens (tertiary/aromatic N) is 2. The summed E-state index contributed by atoms with van der Waals surface area (Å²) < 4.78 is 5.47. The lowest BCUT2D eigenvalue weighted by Gasteiger charge is -2.24. The first kappa shape index (κ1) is 15.1. The second-order valence-electron chi connectivity index (χ2n) is 7.39. The van der Waals surface area contributed by atoms with Gasteiger partial charge in [-0.2, -0.15) is 0 Å². The van der Waals surface area contributed by atoms with Crippen molar-refractivity contribution < 1.29 is 9.53 Å². The van der Waals surface area contributed by atoms with Crippen LogP contribution >= 0.6 is 0 Å². The molecular formula is C18H24N2O2. The van der Waals surface area contributed by atoms with Crippen molar-refractivity contribution in [3.8, 4) is 0 Å². The third-order valence-corrected chi connectivity index (χ3v) is 4.32. The third kappa shape index (κ3) is 3.16. The summed E-state index contributed by atoms with van der Waals surface area (Å²) in [6.45, 7) is 9.28. The summed E-state index contributed by atoms with van der Waals surface area (Å²) >= 11 is 0. The minimum Gasteiger partial charge on any atom is -0.444 e. The monoisotopic (exact) mass is 300 g/mol. The number of carbonyl (C=O) groups is 1. The zero-order valence-corrected chi connectivity index (χ0v) is 13.8. The number of amides is 1. The molecule has 0 radical (unpaired) electrons. The molecule has 1 fully saturated rings. The van der Waals surface area contributed by atoms with Crippen molar-refractivity contribution in [2.24, 2.45) is 11.8 Å². The lowest BCUT2D eigenvalue weighted by molar-refractivity contribution is 0.0285. The van der Waals surface area contributed by atoms with Gasteiger partial charge in [0.05, 0.1) is 0 Å². The minimum absolute atomic E-state index is 0.186. The molecule has 0 spiro atoms. The van der Waals surface area contributed by atoms with Crippen LogP contribution in [0.4, 0.5) is 4.79 Å². The summed E-state index contributed by atoms with van der Waals surface area (Å²) in [7, 11) is 0. The van der Waals surface area contributed by atoms with Gasteiger partial charge in [0.15, 0.2) is 0 Å². The van der Waals surface area contributed by atoms with Crippen molar-refractivity contribution in [1.29, 1.82) is 0 Å². The van der Waals surface area contributed by atoms with Gasteiger partial charge in [-0.15, -0.1) is 0 Å². The zero-order chi connectivity index (χ0) is 15.9. The van der Waals surface area contributed by atoms with Crippen LogP contribution in [0, 0.1) is 18.8 Å². The Morgan fingerprint density at radius 3 is 2.68 bits per heavy atom. The molecule has 4 heteroatoms. The first-order valence-corrected chi connectivity index (χ1v) is 7.93. The molecule has 1 aliphatic carbocycles. The summed E-state index contributed by atoms with van der Waals surface area (Å²) in [5.74, 6) is 0.965. The minimum atomic E-state index is -0.427. The molecule has 4 nitrogen and oxygen atoms in total. The van der Waals surface area contributed by atoms with Crippen LogP contribution in [-0.4, -0.2) is 34.7 Å². The van der Waals surface area contributed by atoms with Crippen molar-refractivity contribution >= 4 is 11.7 Å². The standard InChI is InChI=1S/C18H24N2O2/c1-12-5-6-13(9-19-12)14-7-15-10-20(11-16(15)8-14)17(21)22-18(2,3)4/h5-7,9,15-16H,8,10-11H2,1-4H3/t15-,16+/m0/s1. The summed E-state index contributed by atoms with van der Waals surface area (Å²) in [5.41, 5.74) is 3.19. The van der Waals surface area contributed by atoms with Crippen molar-refractivity contribution in [1.82, 2.24) is 9.88 Å². The molecule has 1 saturated heterocycles. The van der Waals surface area contributed by atoms with E-state index >= 15 is 0 Å². The largest absolute Gasteiger partial charge is 0.444 e. The van der Waals surface area contributed by atoms with Crippen molar-refractivity contribution in [2.75, 3.05) is 13.1 Å². The fourth-order valence-corrected chi connectivity index (χ4v) is 3.26. The molecule has 1 aromatic heterocycles. The molecule has 0 saturated carbocycles. The quantitative estimate of drug-likeness (QED) is 0.795. The number of rotatable bonds is 1. The van der Waals surface area contributed by atoms with E-state index < -0.39 is 5.60 Å². The SMILES string of the molecule is Cc1ccc(C2=C[C@H]3CN(C(=O)OC(C)(C)C)C[C@H]3C2)cn1. The maximum atomic E-state index is 12.2. The van der Waals surface area contributed by atoms with E-state index in [1.165, 1.54) is 11.1 Å². The predicted molar refractivity (Wildman–Crippen MR) is 86.4 cm³/mol. The Labute approximate surface area is 132 Å². The fourth-order valence-electron chi connectivity index (χ4n) is 3.26. The summed E-state index contributed by atoms with van der Waals surface area (Å²) in [5, 5.41) is 0. The van der Waals surface area contributed by atoms with Crippen LogP contribution in [0.2, 0.25) is 0 Å². The highest BCUT2D eigenvalue weighted by Gasteiger charge is 2.39. The number of likely N-dealkylation sites (tertiary alicyclic amines) is 1. The van der Waals surface area contributed by atoms with Crippen LogP contribution in [-0.2, 0) is 4.74 Å². The normalized spacial score (nSPS) is 24.2. The number of allylic oxidation sites excluding steroid dienone is 1. The maximum Gasteiger partial charge on any atom is 0.410 e. The molecule has 22 heavy (non-hydrogen) atoms. The van der Waals surface area contributed by atoms with Gasteiger partial charge in [0.1, 0.15) is 5.60 Å². The second kappa shape index (κ2) is 5.41. The highest BCUT2D eigenvalue weighted by atomic mass is 16.6. The molecule has 118 valence electrons. The molecule has 0 bridgehead atoms. The summed E-state index contributed by atoms with van der Waals surface area (Å²) in [4.78, 5) is 18.4. The maximum absolute atomic E-state index is 12.2. The van der Waals surface area contributed by atoms with Crippen LogP contribution in [0.15, 0.2) is 24.4 Å². The van der Waals surface area contributed by atoms with Crippen molar-refractivity contribution in [3.05, 3.63) is 35.7 Å². The average Bonchev–Trinajstić information content (AvgIpc) is 2.95. The van der Waals surface area contributed by atoms with Crippen molar-refractivity contribution in [2.45, 2.75) is 39.7 Å². The van der Waals surface area contributed by atoms with Crippen LogP contribution in [0.3, 0.4) is 0 Å². The summed E-state index contributed by atoms with van der Waals surface area (Å²) in [6.07, 6.45) is 5.11. The number of hydrogen-bond acceptors (Lipinski definition) is 3. The number of ether oxygens (including phenoxy) is 1. The van der Waals surface area contributed by atoms with Crippen LogP contribution in [0.1, 0.15) is 38.4 Å². The average molecular weight is 300 g/mol. The van der Waals surface area contributed by atoms with Gasteiger partial charge in [0, 0.05) is 25.0 Å². The van der Waals surface area contributed by atoms with Gasteiger partial charge in [-0.3, -0.25) is 4.98 Å². The number of aryl methyl sites for hydroxylation is 1. The molecule has 0 aromatic carbocycles. The molecule has 1 aromatic rings. The number of fused-ring (bicyclic) bond motifs is 1. The Balaban J connectivity index is 1.65. The van der Waals surface area contributed by atoms with E-state index in [-0.39, 0.29) is 6.09 Å². The molecule has 0 N–H and O–H groups in total. The fraction of sp³-hybridized carbons (Fsp3) is 0.556. The van der Waals surface area contributed by atoms with Gasteiger partial charge in [0.2, 0.25) is 0 Å². The molecular weight excluding hydrogens is 276 g/mol. The zero-order valence-electron chi connectivity index (χ0n) is 13.8. The number of aromatic nitrogens is 1. The first-order chi connectivity index (χ1) is 10.3. The first-order valence-electron chi connectivity index (χ1n) is 7.93. The lowest BCUT2D eigenvalue weighted by atomic mass is 9.99. The number of hydrogen-bond donors (Lipinski definition) is 0.